The maximum Gasteiger partial charge on any atom is 0.245 e. The van der Waals surface area contributed by atoms with Crippen molar-refractivity contribution in [1.82, 2.24) is 20.2 Å². The summed E-state index contributed by atoms with van der Waals surface area (Å²) < 4.78 is 14.9. The van der Waals surface area contributed by atoms with E-state index in [0.29, 0.717) is 22.8 Å². The quantitative estimate of drug-likeness (QED) is 0.478. The van der Waals surface area contributed by atoms with E-state index >= 15 is 0 Å². The molecule has 3 amide bonds. The summed E-state index contributed by atoms with van der Waals surface area (Å²) in [5, 5.41) is 6.34. The molecule has 1 spiro atoms. The summed E-state index contributed by atoms with van der Waals surface area (Å²) >= 11 is 0. The minimum absolute atomic E-state index is 0.0873. The van der Waals surface area contributed by atoms with Gasteiger partial charge in [0, 0.05) is 63.1 Å². The van der Waals surface area contributed by atoms with Gasteiger partial charge >= 0.3 is 0 Å². The average Bonchev–Trinajstić information content (AvgIpc) is 3.50. The topological polar surface area (TPSA) is 111 Å². The van der Waals surface area contributed by atoms with Gasteiger partial charge in [0.2, 0.25) is 23.7 Å². The molecule has 6 rings (SSSR count). The van der Waals surface area contributed by atoms with Gasteiger partial charge in [0.15, 0.2) is 0 Å². The Bertz CT molecular complexity index is 1270. The predicted molar refractivity (Wildman–Crippen MR) is 135 cm³/mol. The van der Waals surface area contributed by atoms with Gasteiger partial charge in [0.25, 0.3) is 0 Å². The number of amides is 3. The van der Waals surface area contributed by atoms with Gasteiger partial charge in [-0.15, -0.1) is 0 Å². The van der Waals surface area contributed by atoms with Gasteiger partial charge in [0.1, 0.15) is 17.1 Å². The van der Waals surface area contributed by atoms with E-state index in [1.807, 2.05) is 4.90 Å². The standard InChI is InChI=1S/C26H30FN7O3/c1-32-21(35)14-26(23(32)36)13-16-15-29-25(31-22(16)34(24(26)37)18-4-2-3-5-18)30-17-6-7-20(19(27)12-17)33-10-8-28-9-11-33/h6-7,12,15,18,28H,2-5,8-11,13-14H2,1H3,(H,29,30,31). The first kappa shape index (κ1) is 23.8. The van der Waals surface area contributed by atoms with Crippen molar-refractivity contribution in [2.24, 2.45) is 5.41 Å². The third kappa shape index (κ3) is 3.92. The third-order valence-electron chi connectivity index (χ3n) is 8.08. The fourth-order valence-electron chi connectivity index (χ4n) is 6.09. The number of nitrogens with one attached hydrogen (secondary N) is 2. The third-order valence-corrected chi connectivity index (χ3v) is 8.08. The highest BCUT2D eigenvalue weighted by atomic mass is 19.1. The normalized spacial score (nSPS) is 24.4. The number of fused-ring (bicyclic) bond motifs is 1. The highest BCUT2D eigenvalue weighted by Gasteiger charge is 2.60. The molecule has 1 unspecified atom stereocenters. The number of halogens is 1. The van der Waals surface area contributed by atoms with Gasteiger partial charge in [-0.1, -0.05) is 12.8 Å². The molecule has 4 heterocycles. The number of hydrogen-bond acceptors (Lipinski definition) is 8. The Morgan fingerprint density at radius 3 is 2.51 bits per heavy atom. The molecule has 0 radical (unpaired) electrons. The van der Waals surface area contributed by atoms with Crippen molar-refractivity contribution < 1.29 is 18.8 Å². The number of piperazine rings is 1. The Kier molecular flexibility index (Phi) is 5.82. The smallest absolute Gasteiger partial charge is 0.245 e. The van der Waals surface area contributed by atoms with E-state index in [-0.39, 0.29) is 42.5 Å². The van der Waals surface area contributed by atoms with Crippen molar-refractivity contribution in [3.8, 4) is 0 Å². The van der Waals surface area contributed by atoms with Crippen molar-refractivity contribution >= 4 is 40.9 Å². The fourth-order valence-corrected chi connectivity index (χ4v) is 6.09. The second-order valence-electron chi connectivity index (χ2n) is 10.4. The molecule has 194 valence electrons. The molecule has 3 fully saturated rings. The number of carbonyl (C=O) groups is 3. The van der Waals surface area contributed by atoms with E-state index in [9.17, 15) is 18.8 Å². The van der Waals surface area contributed by atoms with Gasteiger partial charge in [-0.05, 0) is 31.0 Å². The molecule has 1 aromatic carbocycles. The molecular weight excluding hydrogens is 477 g/mol. The number of likely N-dealkylation sites (tertiary alicyclic amines) is 1. The van der Waals surface area contributed by atoms with E-state index in [1.54, 1.807) is 23.2 Å². The summed E-state index contributed by atoms with van der Waals surface area (Å²) in [6, 6.07) is 4.87. The molecule has 2 saturated heterocycles. The van der Waals surface area contributed by atoms with Gasteiger partial charge in [-0.25, -0.2) is 9.37 Å². The summed E-state index contributed by atoms with van der Waals surface area (Å²) in [6.45, 7) is 3.12. The van der Waals surface area contributed by atoms with E-state index < -0.39 is 11.3 Å². The van der Waals surface area contributed by atoms with Gasteiger partial charge in [-0.3, -0.25) is 24.2 Å². The Morgan fingerprint density at radius 1 is 1.08 bits per heavy atom. The number of hydrogen-bond donors (Lipinski definition) is 2. The van der Waals surface area contributed by atoms with Crippen LogP contribution < -0.4 is 20.4 Å². The number of benzene rings is 1. The summed E-state index contributed by atoms with van der Waals surface area (Å²) in [6.07, 6.45) is 5.16. The van der Waals surface area contributed by atoms with Crippen LogP contribution in [0.3, 0.4) is 0 Å². The Morgan fingerprint density at radius 2 is 1.84 bits per heavy atom. The zero-order chi connectivity index (χ0) is 25.7. The molecule has 37 heavy (non-hydrogen) atoms. The fraction of sp³-hybridized carbons (Fsp3) is 0.500. The predicted octanol–water partition coefficient (Wildman–Crippen LogP) is 1.98. The minimum Gasteiger partial charge on any atom is -0.367 e. The second-order valence-corrected chi connectivity index (χ2v) is 10.4. The van der Waals surface area contributed by atoms with Gasteiger partial charge < -0.3 is 15.5 Å². The first-order chi connectivity index (χ1) is 17.9. The van der Waals surface area contributed by atoms with E-state index in [1.165, 1.54) is 13.1 Å². The highest BCUT2D eigenvalue weighted by molar-refractivity contribution is 6.21. The van der Waals surface area contributed by atoms with Crippen LogP contribution in [-0.4, -0.2) is 71.9 Å². The molecule has 1 saturated carbocycles. The van der Waals surface area contributed by atoms with Gasteiger partial charge in [0.05, 0.1) is 12.1 Å². The monoisotopic (exact) mass is 507 g/mol. The summed E-state index contributed by atoms with van der Waals surface area (Å²) in [5.74, 6) is -0.788. The van der Waals surface area contributed by atoms with E-state index in [4.69, 9.17) is 0 Å². The number of rotatable bonds is 4. The lowest BCUT2D eigenvalue weighted by Gasteiger charge is -2.40. The van der Waals surface area contributed by atoms with Crippen LogP contribution in [0.4, 0.5) is 27.5 Å². The summed E-state index contributed by atoms with van der Waals surface area (Å²) in [4.78, 5) is 53.2. The van der Waals surface area contributed by atoms with E-state index in [2.05, 4.69) is 20.6 Å². The molecular formula is C26H30FN7O3. The summed E-state index contributed by atoms with van der Waals surface area (Å²) in [5.41, 5.74) is 0.291. The molecule has 2 aromatic rings. The zero-order valence-corrected chi connectivity index (χ0v) is 20.8. The SMILES string of the molecule is CN1C(=O)CC2(Cc3cnc(Nc4ccc(N5CCNCC5)c(F)c4)nc3N(C3CCCC3)C2=O)C1=O. The molecule has 11 heteroatoms. The largest absolute Gasteiger partial charge is 0.367 e. The molecule has 10 nitrogen and oxygen atoms in total. The lowest BCUT2D eigenvalue weighted by Crippen LogP contribution is -2.56. The number of carbonyl (C=O) groups excluding carboxylic acids is 3. The van der Waals surface area contributed by atoms with Crippen LogP contribution in [0.15, 0.2) is 24.4 Å². The number of imide groups is 1. The maximum atomic E-state index is 14.9. The summed E-state index contributed by atoms with van der Waals surface area (Å²) in [7, 11) is 1.43. The molecule has 0 bridgehead atoms. The second kappa shape index (κ2) is 9.05. The van der Waals surface area contributed by atoms with Crippen molar-refractivity contribution in [2.75, 3.05) is 48.3 Å². The van der Waals surface area contributed by atoms with Crippen LogP contribution in [-0.2, 0) is 20.8 Å². The van der Waals surface area contributed by atoms with Crippen LogP contribution in [0.5, 0.6) is 0 Å². The number of aromatic nitrogens is 2. The first-order valence-corrected chi connectivity index (χ1v) is 12.9. The lowest BCUT2D eigenvalue weighted by atomic mass is 9.76. The lowest BCUT2D eigenvalue weighted by molar-refractivity contribution is -0.144. The zero-order valence-electron chi connectivity index (χ0n) is 20.8. The molecule has 2 N–H and O–H groups in total. The van der Waals surface area contributed by atoms with Crippen LogP contribution in [0, 0.1) is 11.2 Å². The average molecular weight is 508 g/mol. The van der Waals surface area contributed by atoms with Crippen LogP contribution >= 0.6 is 0 Å². The molecule has 4 aliphatic rings. The molecule has 1 atom stereocenters. The number of nitrogens with zero attached hydrogens (tertiary/aromatic N) is 5. The van der Waals surface area contributed by atoms with Crippen molar-refractivity contribution in [3.63, 3.8) is 0 Å². The van der Waals surface area contributed by atoms with E-state index in [0.717, 1.165) is 56.8 Å². The van der Waals surface area contributed by atoms with Crippen LogP contribution in [0.2, 0.25) is 0 Å². The van der Waals surface area contributed by atoms with Crippen LogP contribution in [0.25, 0.3) is 0 Å². The Hall–Kier alpha value is -3.60. The van der Waals surface area contributed by atoms with Crippen molar-refractivity contribution in [3.05, 3.63) is 35.8 Å². The molecule has 1 aromatic heterocycles. The Labute approximate surface area is 214 Å². The Balaban J connectivity index is 1.31. The first-order valence-electron chi connectivity index (χ1n) is 12.9. The van der Waals surface area contributed by atoms with Crippen molar-refractivity contribution in [1.29, 1.82) is 0 Å². The highest BCUT2D eigenvalue weighted by Crippen LogP contribution is 2.46. The van der Waals surface area contributed by atoms with Gasteiger partial charge in [-0.2, -0.15) is 4.98 Å². The van der Waals surface area contributed by atoms with Crippen LogP contribution in [0.1, 0.15) is 37.7 Å². The van der Waals surface area contributed by atoms with Crippen molar-refractivity contribution in [2.45, 2.75) is 44.6 Å². The minimum atomic E-state index is -1.43. The number of anilines is 4. The molecule has 3 aliphatic heterocycles. The maximum absolute atomic E-state index is 14.9. The molecule has 1 aliphatic carbocycles.